The normalized spacial score (nSPS) is 24.1. The minimum Gasteiger partial charge on any atom is -0.306 e. The fourth-order valence-corrected chi connectivity index (χ4v) is 2.87. The maximum absolute atomic E-state index is 12.1. The molecule has 0 radical (unpaired) electrons. The van der Waals surface area contributed by atoms with Gasteiger partial charge in [-0.15, -0.1) is 0 Å². The van der Waals surface area contributed by atoms with Crippen molar-refractivity contribution in [2.24, 2.45) is 5.92 Å². The first-order chi connectivity index (χ1) is 9.81. The Balaban J connectivity index is 2.28. The van der Waals surface area contributed by atoms with Crippen LogP contribution in [0.5, 0.6) is 0 Å². The zero-order valence-electron chi connectivity index (χ0n) is 12.2. The Labute approximate surface area is 134 Å². The van der Waals surface area contributed by atoms with E-state index in [0.717, 1.165) is 5.56 Å². The lowest BCUT2D eigenvalue weighted by molar-refractivity contribution is -0.139. The van der Waals surface area contributed by atoms with Crippen molar-refractivity contribution in [2.75, 3.05) is 14.1 Å². The third-order valence-electron chi connectivity index (χ3n) is 4.13. The fourth-order valence-electron chi connectivity index (χ4n) is 2.56. The van der Waals surface area contributed by atoms with Crippen molar-refractivity contribution in [3.8, 4) is 0 Å². The molecule has 0 spiro atoms. The van der Waals surface area contributed by atoms with Gasteiger partial charge in [-0.3, -0.25) is 14.9 Å². The molecule has 1 heterocycles. The summed E-state index contributed by atoms with van der Waals surface area (Å²) in [5, 5.41) is 3.33. The summed E-state index contributed by atoms with van der Waals surface area (Å²) in [7, 11) is 3.84. The van der Waals surface area contributed by atoms with E-state index in [1.165, 1.54) is 0 Å². The van der Waals surface area contributed by atoms with E-state index >= 15 is 0 Å². The average Bonchev–Trinajstić information content (AvgIpc) is 2.41. The smallest absolute Gasteiger partial charge is 0.234 e. The van der Waals surface area contributed by atoms with Crippen molar-refractivity contribution in [3.63, 3.8) is 0 Å². The first-order valence-corrected chi connectivity index (χ1v) is 7.53. The predicted molar refractivity (Wildman–Crippen MR) is 83.6 cm³/mol. The molecule has 2 rings (SSSR count). The molecule has 3 unspecified atom stereocenters. The van der Waals surface area contributed by atoms with E-state index in [1.807, 2.05) is 25.9 Å². The second-order valence-corrected chi connectivity index (χ2v) is 6.44. The van der Waals surface area contributed by atoms with Crippen LogP contribution in [0.4, 0.5) is 0 Å². The second-order valence-electron chi connectivity index (χ2n) is 5.63. The Morgan fingerprint density at radius 1 is 1.19 bits per heavy atom. The van der Waals surface area contributed by atoms with E-state index < -0.39 is 0 Å². The number of amides is 2. The van der Waals surface area contributed by atoms with Crippen LogP contribution >= 0.6 is 23.2 Å². The highest BCUT2D eigenvalue weighted by Crippen LogP contribution is 2.33. The Morgan fingerprint density at radius 3 is 2.43 bits per heavy atom. The molecule has 114 valence electrons. The summed E-state index contributed by atoms with van der Waals surface area (Å²) in [4.78, 5) is 26.1. The molecule has 1 aliphatic rings. The summed E-state index contributed by atoms with van der Waals surface area (Å²) in [6, 6.07) is 5.20. The third-order valence-corrected chi connectivity index (χ3v) is 4.87. The summed E-state index contributed by atoms with van der Waals surface area (Å²) in [5.74, 6) is -1.11. The minimum absolute atomic E-state index is 0.0448. The monoisotopic (exact) mass is 328 g/mol. The third kappa shape index (κ3) is 3.39. The van der Waals surface area contributed by atoms with Gasteiger partial charge < -0.3 is 4.90 Å². The SMILES string of the molecule is CC(C1CC(c2ccc(Cl)c(Cl)c2)C(=O)NC1=O)N(C)C. The van der Waals surface area contributed by atoms with Gasteiger partial charge in [0.15, 0.2) is 0 Å². The standard InChI is InChI=1S/C15H18Cl2N2O2/c1-8(19(2)3)10-7-11(15(21)18-14(10)20)9-4-5-12(16)13(17)6-9/h4-6,8,10-11H,7H2,1-3H3,(H,18,20,21). The number of halogens is 2. The van der Waals surface area contributed by atoms with E-state index in [9.17, 15) is 9.59 Å². The van der Waals surface area contributed by atoms with Crippen LogP contribution < -0.4 is 5.32 Å². The van der Waals surface area contributed by atoms with Gasteiger partial charge in [0.2, 0.25) is 11.8 Å². The molecule has 0 aromatic heterocycles. The molecule has 6 heteroatoms. The average molecular weight is 329 g/mol. The van der Waals surface area contributed by atoms with E-state index in [0.29, 0.717) is 16.5 Å². The van der Waals surface area contributed by atoms with Crippen LogP contribution in [0.3, 0.4) is 0 Å². The number of piperidine rings is 1. The molecule has 1 aromatic carbocycles. The number of carbonyl (C=O) groups excluding carboxylic acids is 2. The van der Waals surface area contributed by atoms with Gasteiger partial charge in [0.05, 0.1) is 21.9 Å². The van der Waals surface area contributed by atoms with E-state index in [1.54, 1.807) is 18.2 Å². The molecular weight excluding hydrogens is 311 g/mol. The van der Waals surface area contributed by atoms with E-state index in [2.05, 4.69) is 5.32 Å². The molecule has 21 heavy (non-hydrogen) atoms. The fraction of sp³-hybridized carbons (Fsp3) is 0.467. The van der Waals surface area contributed by atoms with Gasteiger partial charge in [-0.25, -0.2) is 0 Å². The number of imide groups is 1. The molecule has 3 atom stereocenters. The second kappa shape index (κ2) is 6.34. The highest BCUT2D eigenvalue weighted by atomic mass is 35.5. The summed E-state index contributed by atoms with van der Waals surface area (Å²) in [6.07, 6.45) is 0.474. The van der Waals surface area contributed by atoms with Crippen LogP contribution in [-0.2, 0) is 9.59 Å². The summed E-state index contributed by atoms with van der Waals surface area (Å²) in [6.45, 7) is 1.98. The largest absolute Gasteiger partial charge is 0.306 e. The van der Waals surface area contributed by atoms with Crippen molar-refractivity contribution < 1.29 is 9.59 Å². The van der Waals surface area contributed by atoms with Gasteiger partial charge in [0, 0.05) is 6.04 Å². The Bertz CT molecular complexity index is 575. The van der Waals surface area contributed by atoms with Crippen LogP contribution in [-0.4, -0.2) is 36.9 Å². The molecule has 0 aliphatic carbocycles. The molecular formula is C15H18Cl2N2O2. The lowest BCUT2D eigenvalue weighted by Gasteiger charge is -2.34. The quantitative estimate of drug-likeness (QED) is 0.868. The molecule has 1 saturated heterocycles. The molecule has 1 aliphatic heterocycles. The molecule has 1 N–H and O–H groups in total. The first-order valence-electron chi connectivity index (χ1n) is 6.77. The van der Waals surface area contributed by atoms with Gasteiger partial charge in [0.25, 0.3) is 0 Å². The Hall–Kier alpha value is -1.10. The van der Waals surface area contributed by atoms with Gasteiger partial charge in [-0.2, -0.15) is 0 Å². The van der Waals surface area contributed by atoms with Crippen LogP contribution in [0.15, 0.2) is 18.2 Å². The minimum atomic E-state index is -0.384. The van der Waals surface area contributed by atoms with E-state index in [-0.39, 0.29) is 29.7 Å². The van der Waals surface area contributed by atoms with E-state index in [4.69, 9.17) is 23.2 Å². The number of hydrogen-bond acceptors (Lipinski definition) is 3. The van der Waals surface area contributed by atoms with Gasteiger partial charge >= 0.3 is 0 Å². The molecule has 1 fully saturated rings. The lowest BCUT2D eigenvalue weighted by atomic mass is 9.81. The van der Waals surface area contributed by atoms with Crippen molar-refractivity contribution in [1.29, 1.82) is 0 Å². The van der Waals surface area contributed by atoms with Crippen LogP contribution in [0, 0.1) is 5.92 Å². The summed E-state index contributed by atoms with van der Waals surface area (Å²) < 4.78 is 0. The van der Waals surface area contributed by atoms with Crippen molar-refractivity contribution in [1.82, 2.24) is 10.2 Å². The maximum Gasteiger partial charge on any atom is 0.234 e. The number of rotatable bonds is 3. The van der Waals surface area contributed by atoms with Gasteiger partial charge in [-0.1, -0.05) is 29.3 Å². The maximum atomic E-state index is 12.1. The first kappa shape index (κ1) is 16.3. The molecule has 1 aromatic rings. The topological polar surface area (TPSA) is 49.4 Å². The molecule has 0 saturated carbocycles. The highest BCUT2D eigenvalue weighted by Gasteiger charge is 2.38. The predicted octanol–water partition coefficient (Wildman–Crippen LogP) is 2.69. The Morgan fingerprint density at radius 2 is 1.86 bits per heavy atom. The number of hydrogen-bond donors (Lipinski definition) is 1. The zero-order valence-corrected chi connectivity index (χ0v) is 13.7. The van der Waals surface area contributed by atoms with Crippen molar-refractivity contribution in [3.05, 3.63) is 33.8 Å². The summed E-state index contributed by atoms with van der Waals surface area (Å²) >= 11 is 11.9. The van der Waals surface area contributed by atoms with Gasteiger partial charge in [-0.05, 0) is 45.1 Å². The van der Waals surface area contributed by atoms with Gasteiger partial charge in [0.1, 0.15) is 0 Å². The number of benzene rings is 1. The molecule has 0 bridgehead atoms. The molecule has 4 nitrogen and oxygen atoms in total. The number of nitrogens with zero attached hydrogens (tertiary/aromatic N) is 1. The van der Waals surface area contributed by atoms with Crippen LogP contribution in [0.2, 0.25) is 10.0 Å². The highest BCUT2D eigenvalue weighted by molar-refractivity contribution is 6.42. The van der Waals surface area contributed by atoms with Crippen LogP contribution in [0.25, 0.3) is 0 Å². The molecule has 2 amide bonds. The summed E-state index contributed by atoms with van der Waals surface area (Å²) in [5.41, 5.74) is 0.783. The number of carbonyl (C=O) groups is 2. The lowest BCUT2D eigenvalue weighted by Crippen LogP contribution is -2.51. The van der Waals surface area contributed by atoms with Crippen molar-refractivity contribution >= 4 is 35.0 Å². The Kier molecular flexibility index (Phi) is 4.91. The number of nitrogens with one attached hydrogen (secondary N) is 1. The van der Waals surface area contributed by atoms with Crippen molar-refractivity contribution in [2.45, 2.75) is 25.3 Å². The van der Waals surface area contributed by atoms with Crippen LogP contribution in [0.1, 0.15) is 24.8 Å². The zero-order chi connectivity index (χ0) is 15.7.